The molecule has 0 radical (unpaired) electrons. The lowest BCUT2D eigenvalue weighted by atomic mass is 10.0. The zero-order chi connectivity index (χ0) is 14.5. The van der Waals surface area contributed by atoms with Crippen LogP contribution in [0.15, 0.2) is 16.8 Å². The number of nitrogens with zero attached hydrogens (tertiary/aromatic N) is 2. The summed E-state index contributed by atoms with van der Waals surface area (Å²) in [4.78, 5) is 6.13. The topological polar surface area (TPSA) is 85.5 Å². The van der Waals surface area contributed by atoms with E-state index < -0.39 is 28.9 Å². The molecule has 0 saturated carbocycles. The Morgan fingerprint density at radius 2 is 2.15 bits per heavy atom. The summed E-state index contributed by atoms with van der Waals surface area (Å²) in [5.74, 6) is 0. The molecule has 0 bridgehead atoms. The van der Waals surface area contributed by atoms with E-state index >= 15 is 0 Å². The summed E-state index contributed by atoms with van der Waals surface area (Å²) in [6, 6.07) is 0. The molecule has 2 aliphatic heterocycles. The van der Waals surface area contributed by atoms with Crippen LogP contribution in [0.25, 0.3) is 0 Å². The molecule has 3 N–H and O–H groups in total. The minimum Gasteiger partial charge on any atom is -0.394 e. The molecule has 1 saturated heterocycles. The number of fused-ring (bicyclic) bond motifs is 1. The molecule has 0 aromatic rings. The monoisotopic (exact) mass is 322 g/mol. The number of allylic oxidation sites excluding steroid dienone is 2. The number of aliphatic hydroxyl groups is 3. The Labute approximate surface area is 126 Å². The lowest BCUT2D eigenvalue weighted by molar-refractivity contribution is -0.0794. The van der Waals surface area contributed by atoms with Gasteiger partial charge in [0.25, 0.3) is 0 Å². The van der Waals surface area contributed by atoms with Crippen molar-refractivity contribution in [2.75, 3.05) is 13.3 Å². The van der Waals surface area contributed by atoms with Crippen LogP contribution >= 0.6 is 23.2 Å². The smallest absolute Gasteiger partial charge is 0.161 e. The fraction of sp³-hybridized carbons (Fsp3) is 0.750. The standard InChI is InChI=1S/C12H16Cl2N2O4/c13-12(14)2-1-7-6(3-12)15-5-16(7)11-10(19)9(18)8(4-17)20-11/h1,8-11,17-19H,2-5H2/t8-,9-,10-,11-/m1/s1. The Balaban J connectivity index is 1.79. The molecule has 0 spiro atoms. The van der Waals surface area contributed by atoms with Gasteiger partial charge < -0.3 is 25.0 Å². The van der Waals surface area contributed by atoms with E-state index in [1.54, 1.807) is 4.90 Å². The number of alkyl halides is 2. The predicted molar refractivity (Wildman–Crippen MR) is 73.7 cm³/mol. The van der Waals surface area contributed by atoms with E-state index in [-0.39, 0.29) is 6.61 Å². The maximum atomic E-state index is 10.1. The number of halogens is 2. The number of rotatable bonds is 2. The van der Waals surface area contributed by atoms with E-state index in [0.29, 0.717) is 19.5 Å². The second-order valence-electron chi connectivity index (χ2n) is 5.27. The first-order valence-corrected chi connectivity index (χ1v) is 7.19. The molecule has 0 aromatic carbocycles. The molecule has 3 aliphatic rings. The average molecular weight is 323 g/mol. The van der Waals surface area contributed by atoms with Crippen molar-refractivity contribution in [2.24, 2.45) is 4.99 Å². The van der Waals surface area contributed by atoms with Gasteiger partial charge in [-0.1, -0.05) is 6.08 Å². The highest BCUT2D eigenvalue weighted by Gasteiger charge is 2.48. The molecule has 0 aromatic heterocycles. The van der Waals surface area contributed by atoms with Crippen molar-refractivity contribution >= 4 is 28.9 Å². The Kier molecular flexibility index (Phi) is 3.73. The largest absolute Gasteiger partial charge is 0.394 e. The predicted octanol–water partition coefficient (Wildman–Crippen LogP) is -0.00890. The highest BCUT2D eigenvalue weighted by Crippen LogP contribution is 2.40. The molecule has 2 heterocycles. The second kappa shape index (κ2) is 5.12. The molecule has 0 amide bonds. The molecule has 0 unspecified atom stereocenters. The quantitative estimate of drug-likeness (QED) is 0.623. The van der Waals surface area contributed by atoms with Gasteiger partial charge in [-0.25, -0.2) is 0 Å². The fourth-order valence-electron chi connectivity index (χ4n) is 2.78. The molecular weight excluding hydrogens is 307 g/mol. The van der Waals surface area contributed by atoms with E-state index in [0.717, 1.165) is 11.4 Å². The van der Waals surface area contributed by atoms with E-state index in [9.17, 15) is 10.2 Å². The van der Waals surface area contributed by atoms with Gasteiger partial charge in [0.1, 0.15) is 29.3 Å². The van der Waals surface area contributed by atoms with Crippen LogP contribution in [0.1, 0.15) is 12.8 Å². The SMILES string of the molecule is OC[C@H]1O[C@@H](N2CN=C3CC(Cl)(Cl)CC=C32)[C@H](O)[C@@H]1O. The van der Waals surface area contributed by atoms with Crippen molar-refractivity contribution < 1.29 is 20.1 Å². The lowest BCUT2D eigenvalue weighted by Gasteiger charge is -2.32. The van der Waals surface area contributed by atoms with Crippen molar-refractivity contribution in [1.29, 1.82) is 0 Å². The molecule has 1 aliphatic carbocycles. The Hall–Kier alpha value is -0.370. The first-order valence-electron chi connectivity index (χ1n) is 6.44. The normalized spacial score (nSPS) is 39.5. The summed E-state index contributed by atoms with van der Waals surface area (Å²) in [6.07, 6.45) is -0.941. The van der Waals surface area contributed by atoms with Gasteiger partial charge in [-0.15, -0.1) is 23.2 Å². The van der Waals surface area contributed by atoms with Crippen molar-refractivity contribution in [1.82, 2.24) is 4.90 Å². The third kappa shape index (κ3) is 2.34. The number of ether oxygens (including phenoxy) is 1. The average Bonchev–Trinajstić information content (AvgIpc) is 2.91. The van der Waals surface area contributed by atoms with Gasteiger partial charge in [-0.2, -0.15) is 0 Å². The highest BCUT2D eigenvalue weighted by atomic mass is 35.5. The lowest BCUT2D eigenvalue weighted by Crippen LogP contribution is -2.43. The van der Waals surface area contributed by atoms with Gasteiger partial charge in [-0.3, -0.25) is 4.99 Å². The van der Waals surface area contributed by atoms with E-state index in [4.69, 9.17) is 33.0 Å². The van der Waals surface area contributed by atoms with Crippen molar-refractivity contribution in [3.05, 3.63) is 11.8 Å². The second-order valence-corrected chi connectivity index (χ2v) is 6.91. The molecule has 6 nitrogen and oxygen atoms in total. The molecule has 1 fully saturated rings. The van der Waals surface area contributed by atoms with Gasteiger partial charge in [0.05, 0.1) is 18.0 Å². The van der Waals surface area contributed by atoms with Crippen LogP contribution in [0.3, 0.4) is 0 Å². The molecule has 112 valence electrons. The van der Waals surface area contributed by atoms with Crippen molar-refractivity contribution in [2.45, 2.75) is 41.7 Å². The zero-order valence-electron chi connectivity index (χ0n) is 10.6. The molecule has 20 heavy (non-hydrogen) atoms. The number of hydrogen-bond donors (Lipinski definition) is 3. The number of aliphatic hydroxyl groups excluding tert-OH is 3. The van der Waals surface area contributed by atoms with Gasteiger partial charge in [0, 0.05) is 12.8 Å². The summed E-state index contributed by atoms with van der Waals surface area (Å²) in [6.45, 7) is -0.0284. The fourth-order valence-corrected chi connectivity index (χ4v) is 3.19. The van der Waals surface area contributed by atoms with Crippen molar-refractivity contribution in [3.63, 3.8) is 0 Å². The van der Waals surface area contributed by atoms with Gasteiger partial charge in [0.2, 0.25) is 0 Å². The number of hydrogen-bond acceptors (Lipinski definition) is 6. The minimum absolute atomic E-state index is 0.317. The van der Waals surface area contributed by atoms with E-state index in [2.05, 4.69) is 4.99 Å². The third-order valence-electron chi connectivity index (χ3n) is 3.86. The maximum Gasteiger partial charge on any atom is 0.161 e. The Bertz CT molecular complexity index is 468. The summed E-state index contributed by atoms with van der Waals surface area (Å²) >= 11 is 12.2. The molecule has 4 atom stereocenters. The summed E-state index contributed by atoms with van der Waals surface area (Å²) < 4.78 is 4.67. The van der Waals surface area contributed by atoms with Crippen LogP contribution in [-0.2, 0) is 4.74 Å². The summed E-state index contributed by atoms with van der Waals surface area (Å²) in [7, 11) is 0. The first-order chi connectivity index (χ1) is 9.43. The Morgan fingerprint density at radius 1 is 1.40 bits per heavy atom. The van der Waals surface area contributed by atoms with Gasteiger partial charge >= 0.3 is 0 Å². The van der Waals surface area contributed by atoms with Crippen LogP contribution in [0.4, 0.5) is 0 Å². The summed E-state index contributed by atoms with van der Waals surface area (Å²) in [5, 5.41) is 29.0. The first kappa shape index (κ1) is 14.6. The van der Waals surface area contributed by atoms with Crippen LogP contribution in [0.2, 0.25) is 0 Å². The van der Waals surface area contributed by atoms with Gasteiger partial charge in [-0.05, 0) is 0 Å². The highest BCUT2D eigenvalue weighted by molar-refractivity contribution is 6.50. The Morgan fingerprint density at radius 3 is 2.80 bits per heavy atom. The van der Waals surface area contributed by atoms with E-state index in [1.165, 1.54) is 0 Å². The molecule has 3 rings (SSSR count). The van der Waals surface area contributed by atoms with Crippen LogP contribution in [0.5, 0.6) is 0 Å². The molecular formula is C12H16Cl2N2O4. The van der Waals surface area contributed by atoms with Crippen LogP contribution < -0.4 is 0 Å². The van der Waals surface area contributed by atoms with Crippen LogP contribution in [0, 0.1) is 0 Å². The zero-order valence-corrected chi connectivity index (χ0v) is 12.1. The third-order valence-corrected chi connectivity index (χ3v) is 4.44. The number of aliphatic imine (C=N–C) groups is 1. The van der Waals surface area contributed by atoms with Crippen molar-refractivity contribution in [3.8, 4) is 0 Å². The maximum absolute atomic E-state index is 10.1. The van der Waals surface area contributed by atoms with Gasteiger partial charge in [0.15, 0.2) is 6.23 Å². The molecule has 8 heteroatoms. The van der Waals surface area contributed by atoms with E-state index in [1.807, 2.05) is 6.08 Å². The summed E-state index contributed by atoms with van der Waals surface area (Å²) in [5.41, 5.74) is 1.61. The minimum atomic E-state index is -1.11. The van der Waals surface area contributed by atoms with Crippen LogP contribution in [-0.4, -0.2) is 68.1 Å².